The lowest BCUT2D eigenvalue weighted by atomic mass is 9.90. The van der Waals surface area contributed by atoms with E-state index in [9.17, 15) is 33.4 Å². The monoisotopic (exact) mass is 398 g/mol. The van der Waals surface area contributed by atoms with E-state index in [1.165, 1.54) is 6.08 Å². The number of aliphatic hydroxyl groups excluding tert-OH is 2. The van der Waals surface area contributed by atoms with Crippen LogP contribution in [0.15, 0.2) is 29.8 Å². The summed E-state index contributed by atoms with van der Waals surface area (Å²) in [6.07, 6.45) is -1.74. The van der Waals surface area contributed by atoms with Crippen molar-refractivity contribution in [2.24, 2.45) is 5.73 Å². The van der Waals surface area contributed by atoms with Gasteiger partial charge in [0, 0.05) is 31.0 Å². The molecule has 0 aromatic heterocycles. The van der Waals surface area contributed by atoms with Gasteiger partial charge in [-0.05, 0) is 12.1 Å². The fourth-order valence-corrected chi connectivity index (χ4v) is 2.58. The molecule has 1 aliphatic carbocycles. The number of rotatable bonds is 6. The highest BCUT2D eigenvalue weighted by Crippen LogP contribution is 2.20. The molecule has 28 heavy (non-hydrogen) atoms. The number of primary amides is 1. The van der Waals surface area contributed by atoms with Crippen LogP contribution in [0.3, 0.4) is 0 Å². The van der Waals surface area contributed by atoms with Crippen LogP contribution < -0.4 is 21.7 Å². The molecule has 0 aliphatic heterocycles. The number of hydrogen-bond acceptors (Lipinski definition) is 5. The molecule has 11 heteroatoms. The number of carbonyl (C=O) groups is 3. The number of halogens is 2. The van der Waals surface area contributed by atoms with Gasteiger partial charge in [0.2, 0.25) is 11.8 Å². The Hall–Kier alpha value is -3.05. The number of urea groups is 1. The summed E-state index contributed by atoms with van der Waals surface area (Å²) in [4.78, 5) is 34.8. The van der Waals surface area contributed by atoms with Crippen molar-refractivity contribution in [3.8, 4) is 0 Å². The SMILES string of the molecule is NC(=O)CCNC(=O)C1=C[C@H](NC(=O)Nc2ccc(F)cc2F)[C@@H](O)[C@H](O)C1. The van der Waals surface area contributed by atoms with Crippen LogP contribution in [0.1, 0.15) is 12.8 Å². The summed E-state index contributed by atoms with van der Waals surface area (Å²) in [5.74, 6) is -3.00. The second-order valence-electron chi connectivity index (χ2n) is 6.17. The summed E-state index contributed by atoms with van der Waals surface area (Å²) in [7, 11) is 0. The van der Waals surface area contributed by atoms with Crippen molar-refractivity contribution in [3.63, 3.8) is 0 Å². The zero-order chi connectivity index (χ0) is 20.8. The van der Waals surface area contributed by atoms with E-state index in [1.807, 2.05) is 0 Å². The molecule has 152 valence electrons. The van der Waals surface area contributed by atoms with E-state index >= 15 is 0 Å². The molecule has 0 fully saturated rings. The van der Waals surface area contributed by atoms with Gasteiger partial charge in [0.1, 0.15) is 17.7 Å². The van der Waals surface area contributed by atoms with E-state index in [-0.39, 0.29) is 30.6 Å². The number of anilines is 1. The van der Waals surface area contributed by atoms with E-state index in [4.69, 9.17) is 5.73 Å². The van der Waals surface area contributed by atoms with Crippen molar-refractivity contribution in [1.29, 1.82) is 0 Å². The molecule has 9 nitrogen and oxygen atoms in total. The first kappa shape index (κ1) is 21.3. The lowest BCUT2D eigenvalue weighted by Crippen LogP contribution is -2.52. The van der Waals surface area contributed by atoms with Gasteiger partial charge < -0.3 is 31.9 Å². The number of hydrogen-bond donors (Lipinski definition) is 6. The quantitative estimate of drug-likeness (QED) is 0.381. The van der Waals surface area contributed by atoms with Crippen molar-refractivity contribution >= 4 is 23.5 Å². The molecule has 0 spiro atoms. The Morgan fingerprint density at radius 2 is 1.93 bits per heavy atom. The summed E-state index contributed by atoms with van der Waals surface area (Å²) in [5.41, 5.74) is 4.77. The van der Waals surface area contributed by atoms with Gasteiger partial charge in [-0.25, -0.2) is 13.6 Å². The Balaban J connectivity index is 2.03. The Morgan fingerprint density at radius 3 is 2.57 bits per heavy atom. The molecule has 2 rings (SSSR count). The molecule has 0 radical (unpaired) electrons. The Labute approximate surface area is 158 Å². The minimum Gasteiger partial charge on any atom is -0.390 e. The van der Waals surface area contributed by atoms with Gasteiger partial charge in [-0.3, -0.25) is 9.59 Å². The van der Waals surface area contributed by atoms with Crippen molar-refractivity contribution in [2.75, 3.05) is 11.9 Å². The fraction of sp³-hybridized carbons (Fsp3) is 0.353. The highest BCUT2D eigenvalue weighted by molar-refractivity contribution is 5.94. The fourth-order valence-electron chi connectivity index (χ4n) is 2.58. The van der Waals surface area contributed by atoms with Crippen LogP contribution in [0.5, 0.6) is 0 Å². The molecule has 1 aromatic carbocycles. The van der Waals surface area contributed by atoms with Gasteiger partial charge in [-0.1, -0.05) is 6.08 Å². The van der Waals surface area contributed by atoms with Crippen molar-refractivity contribution in [1.82, 2.24) is 10.6 Å². The maximum atomic E-state index is 13.6. The highest BCUT2D eigenvalue weighted by atomic mass is 19.1. The van der Waals surface area contributed by atoms with Crippen LogP contribution >= 0.6 is 0 Å². The number of nitrogens with two attached hydrogens (primary N) is 1. The summed E-state index contributed by atoms with van der Waals surface area (Å²) in [6, 6.07) is 0.469. The summed E-state index contributed by atoms with van der Waals surface area (Å²) in [5, 5.41) is 26.9. The molecule has 0 bridgehead atoms. The van der Waals surface area contributed by atoms with Crippen molar-refractivity contribution < 1.29 is 33.4 Å². The van der Waals surface area contributed by atoms with Gasteiger partial charge >= 0.3 is 6.03 Å². The third-order valence-corrected chi connectivity index (χ3v) is 4.00. The molecule has 3 atom stereocenters. The number of carbonyl (C=O) groups excluding carboxylic acids is 3. The van der Waals surface area contributed by atoms with Gasteiger partial charge in [0.25, 0.3) is 0 Å². The lowest BCUT2D eigenvalue weighted by molar-refractivity contribution is -0.119. The normalized spacial score (nSPS) is 21.4. The molecule has 0 saturated carbocycles. The Kier molecular flexibility index (Phi) is 7.01. The molecule has 4 amide bonds. The summed E-state index contributed by atoms with van der Waals surface area (Å²) in [6.45, 7) is -0.00736. The second kappa shape index (κ2) is 9.24. The number of nitrogens with one attached hydrogen (secondary N) is 3. The maximum absolute atomic E-state index is 13.6. The van der Waals surface area contributed by atoms with Crippen molar-refractivity contribution in [2.45, 2.75) is 31.1 Å². The van der Waals surface area contributed by atoms with Gasteiger partial charge in [0.15, 0.2) is 0 Å². The van der Waals surface area contributed by atoms with Crippen LogP contribution in [0.4, 0.5) is 19.3 Å². The predicted octanol–water partition coefficient (Wildman–Crippen LogP) is -0.502. The van der Waals surface area contributed by atoms with Crippen LogP contribution in [0.25, 0.3) is 0 Å². The minimum absolute atomic E-state index is 0.00736. The smallest absolute Gasteiger partial charge is 0.319 e. The Bertz CT molecular complexity index is 802. The molecule has 1 aromatic rings. The standard InChI is InChI=1S/C17H20F2N4O5/c18-9-1-2-11(10(19)7-9)22-17(28)23-12-5-8(6-13(24)15(12)26)16(27)21-4-3-14(20)25/h1-2,5,7,12-13,15,24,26H,3-4,6H2,(H2,20,25)(H,21,27)(H2,22,23,28)/t12-,13+,15+/m0/s1. The minimum atomic E-state index is -1.41. The van der Waals surface area contributed by atoms with Gasteiger partial charge in [-0.2, -0.15) is 0 Å². The first-order valence-electron chi connectivity index (χ1n) is 8.33. The van der Waals surface area contributed by atoms with E-state index in [0.717, 1.165) is 12.1 Å². The van der Waals surface area contributed by atoms with E-state index in [1.54, 1.807) is 0 Å². The van der Waals surface area contributed by atoms with Gasteiger partial charge in [0.05, 0.1) is 17.8 Å². The largest absolute Gasteiger partial charge is 0.390 e. The van der Waals surface area contributed by atoms with Gasteiger partial charge in [-0.15, -0.1) is 0 Å². The predicted molar refractivity (Wildman–Crippen MR) is 93.8 cm³/mol. The number of benzene rings is 1. The average Bonchev–Trinajstić information content (AvgIpc) is 2.60. The van der Waals surface area contributed by atoms with Crippen LogP contribution in [0.2, 0.25) is 0 Å². The lowest BCUT2D eigenvalue weighted by Gasteiger charge is -2.31. The van der Waals surface area contributed by atoms with E-state index in [2.05, 4.69) is 16.0 Å². The topological polar surface area (TPSA) is 154 Å². The maximum Gasteiger partial charge on any atom is 0.319 e. The summed E-state index contributed by atoms with van der Waals surface area (Å²) >= 11 is 0. The number of amides is 4. The zero-order valence-corrected chi connectivity index (χ0v) is 14.6. The van der Waals surface area contributed by atoms with E-state index in [0.29, 0.717) is 6.07 Å². The van der Waals surface area contributed by atoms with Crippen LogP contribution in [-0.4, -0.2) is 52.9 Å². The molecule has 7 N–H and O–H groups in total. The zero-order valence-electron chi connectivity index (χ0n) is 14.6. The van der Waals surface area contributed by atoms with Crippen molar-refractivity contribution in [3.05, 3.63) is 41.5 Å². The van der Waals surface area contributed by atoms with E-state index < -0.39 is 47.7 Å². The second-order valence-corrected chi connectivity index (χ2v) is 6.17. The Morgan fingerprint density at radius 1 is 1.21 bits per heavy atom. The summed E-state index contributed by atoms with van der Waals surface area (Å²) < 4.78 is 26.5. The first-order chi connectivity index (χ1) is 13.2. The average molecular weight is 398 g/mol. The molecule has 0 saturated heterocycles. The molecular formula is C17H20F2N4O5. The molecular weight excluding hydrogens is 378 g/mol. The molecule has 1 aliphatic rings. The van der Waals surface area contributed by atoms with Crippen LogP contribution in [0, 0.1) is 11.6 Å². The first-order valence-corrected chi connectivity index (χ1v) is 8.33. The third kappa shape index (κ3) is 5.72. The molecule has 0 unspecified atom stereocenters. The highest BCUT2D eigenvalue weighted by Gasteiger charge is 2.33. The van der Waals surface area contributed by atoms with Crippen LogP contribution in [-0.2, 0) is 9.59 Å². The molecule has 0 heterocycles. The third-order valence-electron chi connectivity index (χ3n) is 4.00. The number of aliphatic hydroxyl groups is 2.